The maximum absolute atomic E-state index is 10.7. The predicted octanol–water partition coefficient (Wildman–Crippen LogP) is -1.35. The second kappa shape index (κ2) is 10.4. The molecule has 0 heterocycles. The van der Waals surface area contributed by atoms with E-state index < -0.39 is 15.4 Å². The molecule has 2 atom stereocenters. The van der Waals surface area contributed by atoms with E-state index in [0.29, 0.717) is 25.7 Å². The van der Waals surface area contributed by atoms with E-state index in [1.807, 2.05) is 6.92 Å². The van der Waals surface area contributed by atoms with Crippen molar-refractivity contribution in [2.75, 3.05) is 0 Å². The maximum Gasteiger partial charge on any atom is 1.00 e. The van der Waals surface area contributed by atoms with Crippen LogP contribution in [0.4, 0.5) is 0 Å². The summed E-state index contributed by atoms with van der Waals surface area (Å²) >= 11 is 0. The second-order valence-electron chi connectivity index (χ2n) is 3.87. The minimum Gasteiger partial charge on any atom is -0.748 e. The van der Waals surface area contributed by atoms with Crippen LogP contribution in [0.25, 0.3) is 0 Å². The van der Waals surface area contributed by atoms with Gasteiger partial charge in [-0.1, -0.05) is 26.7 Å². The standard InChI is InChI=1S/C10H22O4S.K/c1-3-9(11)7-5-6-8-10(4-2)15(12,13)14;/h9-11H,3-8H2,1-2H3,(H,12,13,14);/q;+1/p-1. The van der Waals surface area contributed by atoms with Crippen LogP contribution in [-0.2, 0) is 10.1 Å². The van der Waals surface area contributed by atoms with E-state index in [4.69, 9.17) is 0 Å². The fourth-order valence-electron chi connectivity index (χ4n) is 1.51. The van der Waals surface area contributed by atoms with Crippen molar-refractivity contribution < 1.29 is 69.5 Å². The summed E-state index contributed by atoms with van der Waals surface area (Å²) in [6.07, 6.45) is 3.37. The predicted molar refractivity (Wildman–Crippen MR) is 58.5 cm³/mol. The van der Waals surface area contributed by atoms with Gasteiger partial charge in [-0.2, -0.15) is 0 Å². The van der Waals surface area contributed by atoms with Gasteiger partial charge in [-0.25, -0.2) is 8.42 Å². The van der Waals surface area contributed by atoms with Crippen molar-refractivity contribution in [3.8, 4) is 0 Å². The van der Waals surface area contributed by atoms with Gasteiger partial charge in [0.15, 0.2) is 0 Å². The first kappa shape index (κ1) is 19.8. The van der Waals surface area contributed by atoms with E-state index in [-0.39, 0.29) is 57.5 Å². The Bertz CT molecular complexity index is 254. The van der Waals surface area contributed by atoms with Gasteiger partial charge in [-0.3, -0.25) is 0 Å². The van der Waals surface area contributed by atoms with Crippen LogP contribution in [0.5, 0.6) is 0 Å². The molecule has 0 amide bonds. The topological polar surface area (TPSA) is 77.4 Å². The molecular weight excluding hydrogens is 255 g/mol. The molecule has 0 aliphatic rings. The molecule has 4 nitrogen and oxygen atoms in total. The van der Waals surface area contributed by atoms with Crippen LogP contribution in [0.15, 0.2) is 0 Å². The monoisotopic (exact) mass is 276 g/mol. The molecule has 0 aromatic rings. The zero-order chi connectivity index (χ0) is 11.9. The molecule has 0 spiro atoms. The average molecular weight is 276 g/mol. The Morgan fingerprint density at radius 2 is 1.62 bits per heavy atom. The minimum atomic E-state index is -4.13. The van der Waals surface area contributed by atoms with Crippen LogP contribution < -0.4 is 51.4 Å². The van der Waals surface area contributed by atoms with Gasteiger partial charge in [0, 0.05) is 5.25 Å². The van der Waals surface area contributed by atoms with Crippen LogP contribution in [0.1, 0.15) is 52.4 Å². The van der Waals surface area contributed by atoms with E-state index in [1.165, 1.54) is 0 Å². The third-order valence-electron chi connectivity index (χ3n) is 2.65. The number of hydrogen-bond donors (Lipinski definition) is 1. The van der Waals surface area contributed by atoms with E-state index in [1.54, 1.807) is 6.92 Å². The zero-order valence-electron chi connectivity index (χ0n) is 10.5. The number of rotatable bonds is 8. The van der Waals surface area contributed by atoms with Gasteiger partial charge in [0.2, 0.25) is 0 Å². The second-order valence-corrected chi connectivity index (χ2v) is 5.52. The number of aliphatic hydroxyl groups excluding tert-OH is 1. The number of hydrogen-bond acceptors (Lipinski definition) is 4. The molecule has 0 saturated carbocycles. The Morgan fingerprint density at radius 1 is 1.12 bits per heavy atom. The average Bonchev–Trinajstić information content (AvgIpc) is 2.15. The third kappa shape index (κ3) is 9.53. The van der Waals surface area contributed by atoms with Crippen LogP contribution in [0.3, 0.4) is 0 Å². The van der Waals surface area contributed by atoms with Crippen molar-refractivity contribution in [2.24, 2.45) is 0 Å². The third-order valence-corrected chi connectivity index (χ3v) is 4.03. The molecule has 0 rings (SSSR count). The van der Waals surface area contributed by atoms with Gasteiger partial charge in [-0.05, 0) is 25.7 Å². The van der Waals surface area contributed by atoms with E-state index in [9.17, 15) is 18.1 Å². The molecular formula is C10H21KO4S. The van der Waals surface area contributed by atoms with Crippen molar-refractivity contribution in [2.45, 2.75) is 63.7 Å². The first-order chi connectivity index (χ1) is 6.91. The van der Waals surface area contributed by atoms with Gasteiger partial charge < -0.3 is 9.66 Å². The maximum atomic E-state index is 10.7. The van der Waals surface area contributed by atoms with Crippen LogP contribution >= 0.6 is 0 Å². The normalized spacial score (nSPS) is 15.2. The van der Waals surface area contributed by atoms with E-state index in [0.717, 1.165) is 12.8 Å². The molecule has 0 aromatic carbocycles. The first-order valence-electron chi connectivity index (χ1n) is 5.54. The molecule has 2 unspecified atom stereocenters. The van der Waals surface area contributed by atoms with Crippen molar-refractivity contribution in [3.05, 3.63) is 0 Å². The molecule has 0 aromatic heterocycles. The quantitative estimate of drug-likeness (QED) is 0.338. The van der Waals surface area contributed by atoms with Crippen LogP contribution in [0.2, 0.25) is 0 Å². The van der Waals surface area contributed by atoms with Crippen molar-refractivity contribution >= 4 is 10.1 Å². The fraction of sp³-hybridized carbons (Fsp3) is 1.00. The van der Waals surface area contributed by atoms with Gasteiger partial charge >= 0.3 is 51.4 Å². The van der Waals surface area contributed by atoms with Crippen molar-refractivity contribution in [3.63, 3.8) is 0 Å². The smallest absolute Gasteiger partial charge is 0.748 e. The summed E-state index contributed by atoms with van der Waals surface area (Å²) in [5.41, 5.74) is 0. The molecule has 1 N–H and O–H groups in total. The largest absolute Gasteiger partial charge is 1.00 e. The van der Waals surface area contributed by atoms with Gasteiger partial charge in [0.05, 0.1) is 16.2 Å². The van der Waals surface area contributed by atoms with Gasteiger partial charge in [0.1, 0.15) is 0 Å². The molecule has 16 heavy (non-hydrogen) atoms. The molecule has 0 aliphatic carbocycles. The molecule has 0 fully saturated rings. The summed E-state index contributed by atoms with van der Waals surface area (Å²) in [5.74, 6) is 0. The Hall–Kier alpha value is 1.51. The Labute approximate surface area is 141 Å². The molecule has 6 heteroatoms. The summed E-state index contributed by atoms with van der Waals surface area (Å²) in [4.78, 5) is 0. The Morgan fingerprint density at radius 3 is 2.00 bits per heavy atom. The Balaban J connectivity index is 0. The van der Waals surface area contributed by atoms with E-state index in [2.05, 4.69) is 0 Å². The van der Waals surface area contributed by atoms with Crippen molar-refractivity contribution in [1.82, 2.24) is 0 Å². The molecule has 0 radical (unpaired) electrons. The SMILES string of the molecule is CCC(O)CCCCC(CC)S(=O)(=O)[O-].[K+]. The first-order valence-corrected chi connectivity index (χ1v) is 7.01. The minimum absolute atomic E-state index is 0. The molecule has 92 valence electrons. The molecule has 0 aliphatic heterocycles. The van der Waals surface area contributed by atoms with Crippen LogP contribution in [0, 0.1) is 0 Å². The number of aliphatic hydroxyl groups is 1. The summed E-state index contributed by atoms with van der Waals surface area (Å²) in [5, 5.41) is 8.51. The fourth-order valence-corrected chi connectivity index (χ4v) is 2.37. The van der Waals surface area contributed by atoms with Gasteiger partial charge in [0.25, 0.3) is 0 Å². The van der Waals surface area contributed by atoms with Gasteiger partial charge in [-0.15, -0.1) is 0 Å². The summed E-state index contributed by atoms with van der Waals surface area (Å²) in [6.45, 7) is 3.61. The molecule has 0 saturated heterocycles. The summed E-state index contributed by atoms with van der Waals surface area (Å²) < 4.78 is 32.2. The summed E-state index contributed by atoms with van der Waals surface area (Å²) in [6, 6.07) is 0. The summed E-state index contributed by atoms with van der Waals surface area (Å²) in [7, 11) is -4.13. The Kier molecular flexibility index (Phi) is 12.9. The zero-order valence-corrected chi connectivity index (χ0v) is 14.4. The van der Waals surface area contributed by atoms with E-state index >= 15 is 0 Å². The number of unbranched alkanes of at least 4 members (excludes halogenated alkanes) is 1. The van der Waals surface area contributed by atoms with Crippen LogP contribution in [-0.4, -0.2) is 29.4 Å². The molecule has 0 bridgehead atoms. The van der Waals surface area contributed by atoms with Crippen molar-refractivity contribution in [1.29, 1.82) is 0 Å².